The van der Waals surface area contributed by atoms with Gasteiger partial charge in [-0.25, -0.2) is 9.98 Å². The maximum Gasteiger partial charge on any atom is 0.257 e. The molecule has 2 aromatic rings. The molecule has 0 radical (unpaired) electrons. The van der Waals surface area contributed by atoms with Crippen molar-refractivity contribution in [3.63, 3.8) is 0 Å². The van der Waals surface area contributed by atoms with E-state index in [4.69, 9.17) is 4.74 Å². The summed E-state index contributed by atoms with van der Waals surface area (Å²) in [5.74, 6) is 2.02. The largest absolute Gasteiger partial charge is 0.484 e. The third-order valence-electron chi connectivity index (χ3n) is 3.63. The molecule has 154 valence electrons. The first-order valence-corrected chi connectivity index (χ1v) is 8.95. The zero-order chi connectivity index (χ0) is 19.5. The van der Waals surface area contributed by atoms with Crippen LogP contribution in [0.1, 0.15) is 25.2 Å². The molecule has 28 heavy (non-hydrogen) atoms. The number of rotatable bonds is 9. The number of guanidine groups is 1. The number of aliphatic imine (C=N–C) groups is 1. The monoisotopic (exact) mass is 501 g/mol. The number of nitrogens with one attached hydrogen (secondary N) is 3. The minimum Gasteiger partial charge on any atom is -0.484 e. The van der Waals surface area contributed by atoms with Crippen LogP contribution in [0.3, 0.4) is 0 Å². The highest BCUT2D eigenvalue weighted by molar-refractivity contribution is 14.0. The maximum absolute atomic E-state index is 11.5. The van der Waals surface area contributed by atoms with Gasteiger partial charge in [-0.2, -0.15) is 5.10 Å². The van der Waals surface area contributed by atoms with Gasteiger partial charge in [0, 0.05) is 20.1 Å². The minimum atomic E-state index is -0.136. The molecule has 0 spiro atoms. The van der Waals surface area contributed by atoms with E-state index < -0.39 is 0 Å². The van der Waals surface area contributed by atoms with Crippen molar-refractivity contribution in [3.05, 3.63) is 42.0 Å². The van der Waals surface area contributed by atoms with Crippen molar-refractivity contribution in [1.82, 2.24) is 30.7 Å². The molecule has 0 fully saturated rings. The molecule has 0 saturated carbocycles. The molecule has 0 bridgehead atoms. The average molecular weight is 501 g/mol. The molecule has 1 heterocycles. The fraction of sp³-hybridized carbons (Fsp3) is 0.444. The first kappa shape index (κ1) is 23.7. The summed E-state index contributed by atoms with van der Waals surface area (Å²) in [7, 11) is 1.85. The van der Waals surface area contributed by atoms with Crippen molar-refractivity contribution in [1.29, 1.82) is 0 Å². The normalized spacial score (nSPS) is 10.8. The summed E-state index contributed by atoms with van der Waals surface area (Å²) < 4.78 is 7.23. The summed E-state index contributed by atoms with van der Waals surface area (Å²) in [5, 5.41) is 13.2. The summed E-state index contributed by atoms with van der Waals surface area (Å²) >= 11 is 0. The first-order chi connectivity index (χ1) is 13.1. The van der Waals surface area contributed by atoms with Gasteiger partial charge < -0.3 is 20.7 Å². The molecule has 0 aliphatic carbocycles. The summed E-state index contributed by atoms with van der Waals surface area (Å²) in [5.41, 5.74) is 0.985. The number of benzene rings is 1. The molecule has 2 rings (SSSR count). The molecule has 9 nitrogen and oxygen atoms in total. The highest BCUT2D eigenvalue weighted by atomic mass is 127. The van der Waals surface area contributed by atoms with E-state index in [-0.39, 0.29) is 36.5 Å². The van der Waals surface area contributed by atoms with Crippen molar-refractivity contribution in [2.24, 2.45) is 12.0 Å². The molecule has 0 aliphatic rings. The van der Waals surface area contributed by atoms with E-state index >= 15 is 0 Å². The zero-order valence-electron chi connectivity index (χ0n) is 16.4. The van der Waals surface area contributed by atoms with Gasteiger partial charge in [-0.15, -0.1) is 24.0 Å². The topological polar surface area (TPSA) is 105 Å². The molecule has 3 N–H and O–H groups in total. The van der Waals surface area contributed by atoms with Crippen LogP contribution >= 0.6 is 24.0 Å². The Bertz CT molecular complexity index is 764. The van der Waals surface area contributed by atoms with Crippen LogP contribution in [0.5, 0.6) is 5.75 Å². The highest BCUT2D eigenvalue weighted by Crippen LogP contribution is 2.14. The Morgan fingerprint density at radius 3 is 2.68 bits per heavy atom. The molecule has 1 amide bonds. The number of carbonyl (C=O) groups excluding carboxylic acids is 1. The number of halogens is 1. The van der Waals surface area contributed by atoms with Gasteiger partial charge in [0.05, 0.1) is 13.1 Å². The average Bonchev–Trinajstić information content (AvgIpc) is 3.08. The van der Waals surface area contributed by atoms with Crippen molar-refractivity contribution in [2.75, 3.05) is 19.7 Å². The lowest BCUT2D eigenvalue weighted by atomic mass is 10.2. The second-order valence-electron chi connectivity index (χ2n) is 5.74. The number of nitrogens with zero attached hydrogens (tertiary/aromatic N) is 4. The Hall–Kier alpha value is -2.37. The van der Waals surface area contributed by atoms with Crippen molar-refractivity contribution in [2.45, 2.75) is 26.9 Å². The SMILES string of the molecule is CCNC(=O)COc1cccc(CN=C(NCC)NCc2ncnn2C)c1.I. The molecular formula is C18H28IN7O2. The quantitative estimate of drug-likeness (QED) is 0.271. The third-order valence-corrected chi connectivity index (χ3v) is 3.63. The van der Waals surface area contributed by atoms with Crippen LogP contribution in [0, 0.1) is 0 Å². The van der Waals surface area contributed by atoms with Gasteiger partial charge in [0.2, 0.25) is 0 Å². The van der Waals surface area contributed by atoms with Gasteiger partial charge in [0.25, 0.3) is 5.91 Å². The van der Waals surface area contributed by atoms with Gasteiger partial charge in [-0.1, -0.05) is 12.1 Å². The Balaban J connectivity index is 0.00000392. The Morgan fingerprint density at radius 1 is 1.21 bits per heavy atom. The van der Waals surface area contributed by atoms with Crippen LogP contribution in [0.15, 0.2) is 35.6 Å². The third kappa shape index (κ3) is 8.11. The maximum atomic E-state index is 11.5. The Kier molecular flexibility index (Phi) is 10.9. The summed E-state index contributed by atoms with van der Waals surface area (Å²) in [6.45, 7) is 6.23. The van der Waals surface area contributed by atoms with Crippen molar-refractivity contribution < 1.29 is 9.53 Å². The fourth-order valence-electron chi connectivity index (χ4n) is 2.29. The standard InChI is InChI=1S/C18H27N7O2.HI/c1-4-19-17(26)12-27-15-8-6-7-14(9-15)10-21-18(20-5-2)22-11-16-23-13-24-25(16)3;/h6-9,13H,4-5,10-12H2,1-3H3,(H,19,26)(H2,20,21,22);1H. The number of aromatic nitrogens is 3. The Morgan fingerprint density at radius 2 is 2.00 bits per heavy atom. The van der Waals surface area contributed by atoms with E-state index in [1.54, 1.807) is 4.68 Å². The van der Waals surface area contributed by atoms with Gasteiger partial charge in [0.1, 0.15) is 17.9 Å². The van der Waals surface area contributed by atoms with Crippen molar-refractivity contribution in [3.8, 4) is 5.75 Å². The van der Waals surface area contributed by atoms with E-state index in [9.17, 15) is 4.79 Å². The molecule has 1 aromatic heterocycles. The van der Waals surface area contributed by atoms with E-state index in [2.05, 4.69) is 31.0 Å². The van der Waals surface area contributed by atoms with Crippen LogP contribution in [-0.4, -0.2) is 46.3 Å². The van der Waals surface area contributed by atoms with Crippen LogP contribution < -0.4 is 20.7 Å². The van der Waals surface area contributed by atoms with Crippen LogP contribution in [0.25, 0.3) is 0 Å². The van der Waals surface area contributed by atoms with E-state index in [1.165, 1.54) is 6.33 Å². The van der Waals surface area contributed by atoms with Gasteiger partial charge in [-0.3, -0.25) is 9.48 Å². The lowest BCUT2D eigenvalue weighted by Gasteiger charge is -2.11. The minimum absolute atomic E-state index is 0. The molecular weight excluding hydrogens is 473 g/mol. The number of likely N-dealkylation sites (N-methyl/N-ethyl adjacent to an activating group) is 1. The number of hydrogen-bond donors (Lipinski definition) is 3. The van der Waals surface area contributed by atoms with Crippen LogP contribution in [-0.2, 0) is 24.9 Å². The van der Waals surface area contributed by atoms with E-state index in [0.717, 1.165) is 17.9 Å². The number of aryl methyl sites for hydroxylation is 1. The lowest BCUT2D eigenvalue weighted by molar-refractivity contribution is -0.122. The number of hydrogen-bond acceptors (Lipinski definition) is 5. The molecule has 0 aliphatic heterocycles. The molecule has 1 aromatic carbocycles. The van der Waals surface area contributed by atoms with Crippen LogP contribution in [0.4, 0.5) is 0 Å². The summed E-state index contributed by atoms with van der Waals surface area (Å²) in [4.78, 5) is 20.3. The number of carbonyl (C=O) groups is 1. The lowest BCUT2D eigenvalue weighted by Crippen LogP contribution is -2.37. The Labute approximate surface area is 182 Å². The van der Waals surface area contributed by atoms with Gasteiger partial charge in [0.15, 0.2) is 12.6 Å². The predicted octanol–water partition coefficient (Wildman–Crippen LogP) is 1.20. The van der Waals surface area contributed by atoms with Gasteiger partial charge in [-0.05, 0) is 31.5 Å². The molecule has 10 heteroatoms. The number of ether oxygens (including phenoxy) is 1. The molecule has 0 saturated heterocycles. The summed E-state index contributed by atoms with van der Waals surface area (Å²) in [6, 6.07) is 7.56. The smallest absolute Gasteiger partial charge is 0.257 e. The first-order valence-electron chi connectivity index (χ1n) is 8.95. The van der Waals surface area contributed by atoms with E-state index in [1.807, 2.05) is 45.2 Å². The molecule has 0 unspecified atom stereocenters. The second kappa shape index (κ2) is 12.9. The van der Waals surface area contributed by atoms with E-state index in [0.29, 0.717) is 31.3 Å². The molecule has 0 atom stereocenters. The van der Waals surface area contributed by atoms with Crippen LogP contribution in [0.2, 0.25) is 0 Å². The second-order valence-corrected chi connectivity index (χ2v) is 5.74. The fourth-order valence-corrected chi connectivity index (χ4v) is 2.29. The van der Waals surface area contributed by atoms with Gasteiger partial charge >= 0.3 is 0 Å². The predicted molar refractivity (Wildman–Crippen MR) is 119 cm³/mol. The highest BCUT2D eigenvalue weighted by Gasteiger charge is 2.04. The van der Waals surface area contributed by atoms with Crippen molar-refractivity contribution >= 4 is 35.8 Å². The zero-order valence-corrected chi connectivity index (χ0v) is 18.8. The number of amides is 1. The summed E-state index contributed by atoms with van der Waals surface area (Å²) in [6.07, 6.45) is 1.52.